The molecule has 99 heavy (non-hydrogen) atoms. The number of fused-ring (bicyclic) bond motifs is 6. The van der Waals surface area contributed by atoms with Gasteiger partial charge in [-0.15, -0.1) is 0 Å². The van der Waals surface area contributed by atoms with Crippen LogP contribution < -0.4 is 9.47 Å². The Labute approximate surface area is 597 Å². The molecule has 6 heteroatoms. The molecule has 0 fully saturated rings. The van der Waals surface area contributed by atoms with E-state index in [9.17, 15) is 10.2 Å². The van der Waals surface area contributed by atoms with E-state index < -0.39 is 10.8 Å². The number of aromatic hydroxyl groups is 2. The van der Waals surface area contributed by atoms with Crippen LogP contribution in [0.25, 0.3) is 77.2 Å². The van der Waals surface area contributed by atoms with Gasteiger partial charge >= 0.3 is 0 Å². The van der Waals surface area contributed by atoms with E-state index in [-0.39, 0.29) is 68.0 Å². The highest BCUT2D eigenvalue weighted by atomic mass is 16.5. The lowest BCUT2D eigenvalue weighted by Gasteiger charge is -2.36. The summed E-state index contributed by atoms with van der Waals surface area (Å²) in [5, 5.41) is 32.2. The number of hydrogen-bond donors (Lipinski definition) is 2. The Morgan fingerprint density at radius 3 is 0.818 bits per heavy atom. The van der Waals surface area contributed by atoms with Crippen LogP contribution in [0.4, 0.5) is 0 Å². The number of phenols is 2. The first-order chi connectivity index (χ1) is 45.2. The molecule has 10 aromatic rings. The van der Waals surface area contributed by atoms with Crippen molar-refractivity contribution >= 4 is 43.6 Å². The molecular weight excluding hydrogens is 1210 g/mol. The van der Waals surface area contributed by atoms with Crippen molar-refractivity contribution in [3.8, 4) is 56.6 Å². The van der Waals surface area contributed by atoms with Crippen LogP contribution in [0.15, 0.2) is 121 Å². The molecule has 0 saturated carbocycles. The smallest absolute Gasteiger partial charge is 0.151 e. The maximum absolute atomic E-state index is 13.9. The van der Waals surface area contributed by atoms with Crippen LogP contribution in [0, 0.1) is 24.7 Å². The fourth-order valence-corrected chi connectivity index (χ4v) is 15.8. The molecule has 0 spiro atoms. The molecule has 0 radical (unpaired) electrons. The third-order valence-corrected chi connectivity index (χ3v) is 20.6. The number of phenolic OH excluding ortho intramolecular Hbond substituents is 2. The van der Waals surface area contributed by atoms with Crippen LogP contribution in [0.3, 0.4) is 0 Å². The Morgan fingerprint density at radius 1 is 0.313 bits per heavy atom. The van der Waals surface area contributed by atoms with Crippen molar-refractivity contribution in [3.05, 3.63) is 177 Å². The first-order valence-corrected chi connectivity index (χ1v) is 36.8. The van der Waals surface area contributed by atoms with E-state index in [1.54, 1.807) is 0 Å². The number of rotatable bonds is 14. The fourth-order valence-electron chi connectivity index (χ4n) is 15.8. The van der Waals surface area contributed by atoms with Gasteiger partial charge in [0, 0.05) is 50.2 Å². The summed E-state index contributed by atoms with van der Waals surface area (Å²) < 4.78 is 19.9. The number of aryl methyl sites for hydroxylation is 2. The van der Waals surface area contributed by atoms with Crippen molar-refractivity contribution in [3.63, 3.8) is 0 Å². The van der Waals surface area contributed by atoms with Gasteiger partial charge in [0.2, 0.25) is 0 Å². The number of hydrogen-bond acceptors (Lipinski definition) is 4. The molecule has 0 saturated heterocycles. The zero-order valence-corrected chi connectivity index (χ0v) is 66.7. The average Bonchev–Trinajstić information content (AvgIpc) is 1.62. The monoisotopic (exact) mass is 1330 g/mol. The molecule has 0 aliphatic heterocycles. The largest absolute Gasteiger partial charge is 0.505 e. The van der Waals surface area contributed by atoms with Crippen LogP contribution in [-0.2, 0) is 43.3 Å². The Bertz CT molecular complexity index is 4300. The summed E-state index contributed by atoms with van der Waals surface area (Å²) in [6, 6.07) is 45.8. The summed E-state index contributed by atoms with van der Waals surface area (Å²) in [5.74, 6) is 1.66. The second kappa shape index (κ2) is 25.3. The number of nitrogens with zero attached hydrogens (tertiary/aromatic N) is 2. The highest BCUT2D eigenvalue weighted by Gasteiger charge is 2.39. The maximum Gasteiger partial charge on any atom is 0.151 e. The second-order valence-corrected chi connectivity index (χ2v) is 39.6. The minimum absolute atomic E-state index is 0.0687. The van der Waals surface area contributed by atoms with Gasteiger partial charge in [0.15, 0.2) is 23.0 Å². The molecule has 6 nitrogen and oxygen atoms in total. The summed E-state index contributed by atoms with van der Waals surface area (Å²) in [7, 11) is 0. The molecule has 8 aromatic carbocycles. The molecule has 0 bridgehead atoms. The quantitative estimate of drug-likeness (QED) is 0.106. The van der Waals surface area contributed by atoms with E-state index in [1.165, 1.54) is 33.4 Å². The molecule has 2 N–H and O–H groups in total. The summed E-state index contributed by atoms with van der Waals surface area (Å²) in [5.41, 5.74) is 18.7. The van der Waals surface area contributed by atoms with Crippen LogP contribution in [0.5, 0.6) is 23.0 Å². The Balaban J connectivity index is 1.24. The van der Waals surface area contributed by atoms with Crippen LogP contribution in [-0.4, -0.2) is 32.6 Å². The van der Waals surface area contributed by atoms with E-state index in [4.69, 9.17) is 9.47 Å². The van der Waals surface area contributed by atoms with Crippen molar-refractivity contribution < 1.29 is 19.7 Å². The summed E-state index contributed by atoms with van der Waals surface area (Å²) >= 11 is 0. The van der Waals surface area contributed by atoms with E-state index in [2.05, 4.69) is 338 Å². The summed E-state index contributed by atoms with van der Waals surface area (Å²) in [6.07, 6.45) is 2.17. The SMILES string of the molecule is Cc1cc(-c2cc(C(C)(C)CC(C)(C)C)c(OCCCOc3c(C(C)(C)CC(C)(C)C)cc(-c4cc(C)cc(C(C)(C)C)c4)c(O)c3-n3c4ccc(C(C)(C)C)cc4c4cc(C(C)(C)C)ccc43)c(-n3c4ccc(C(C)(C)C)cc4c4cc(C(C)(C)C)ccc43)c2O)cc(C(C)(C)C)c1. The topological polar surface area (TPSA) is 68.8 Å². The van der Waals surface area contributed by atoms with E-state index >= 15 is 0 Å². The number of ether oxygens (including phenoxy) is 2. The average molecular weight is 1330 g/mol. The molecule has 0 aliphatic carbocycles. The van der Waals surface area contributed by atoms with Crippen molar-refractivity contribution in [1.29, 1.82) is 0 Å². The molecule has 528 valence electrons. The summed E-state index contributed by atoms with van der Waals surface area (Å²) in [6.45, 7) is 69.2. The molecule has 10 rings (SSSR count). The molecule has 2 heterocycles. The minimum atomic E-state index is -0.453. The zero-order valence-electron chi connectivity index (χ0n) is 66.7. The number of benzene rings is 8. The maximum atomic E-state index is 13.9. The lowest BCUT2D eigenvalue weighted by atomic mass is 9.71. The molecule has 0 amide bonds. The fraction of sp³-hybridized carbons (Fsp3) is 0.484. The summed E-state index contributed by atoms with van der Waals surface area (Å²) in [4.78, 5) is 0. The van der Waals surface area contributed by atoms with Gasteiger partial charge in [-0.2, -0.15) is 0 Å². The Kier molecular flexibility index (Phi) is 19.0. The lowest BCUT2D eigenvalue weighted by Crippen LogP contribution is -2.27. The molecule has 2 aromatic heterocycles. The molecule has 0 aliphatic rings. The second-order valence-electron chi connectivity index (χ2n) is 39.6. The van der Waals surface area contributed by atoms with Crippen molar-refractivity contribution in [2.45, 2.75) is 270 Å². The van der Waals surface area contributed by atoms with Gasteiger partial charge < -0.3 is 28.8 Å². The van der Waals surface area contributed by atoms with E-state index in [0.717, 1.165) is 101 Å². The van der Waals surface area contributed by atoms with Gasteiger partial charge in [0.1, 0.15) is 11.4 Å². The van der Waals surface area contributed by atoms with Crippen LogP contribution >= 0.6 is 0 Å². The lowest BCUT2D eigenvalue weighted by molar-refractivity contribution is 0.229. The van der Waals surface area contributed by atoms with Gasteiger partial charge in [-0.3, -0.25) is 0 Å². The molecule has 0 atom stereocenters. The van der Waals surface area contributed by atoms with Gasteiger partial charge in [-0.25, -0.2) is 0 Å². The third kappa shape index (κ3) is 15.1. The Hall–Kier alpha value is -7.44. The van der Waals surface area contributed by atoms with Gasteiger partial charge in [0.05, 0.1) is 35.3 Å². The van der Waals surface area contributed by atoms with E-state index in [0.29, 0.717) is 29.3 Å². The molecule has 0 unspecified atom stereocenters. The van der Waals surface area contributed by atoms with Crippen molar-refractivity contribution in [1.82, 2.24) is 9.13 Å². The minimum Gasteiger partial charge on any atom is -0.505 e. The van der Waals surface area contributed by atoms with Crippen LogP contribution in [0.1, 0.15) is 269 Å². The highest BCUT2D eigenvalue weighted by Crippen LogP contribution is 2.55. The zero-order chi connectivity index (χ0) is 73.4. The van der Waals surface area contributed by atoms with Crippen LogP contribution in [0.2, 0.25) is 0 Å². The predicted molar refractivity (Wildman–Crippen MR) is 427 cm³/mol. The van der Waals surface area contributed by atoms with Gasteiger partial charge in [-0.05, 0) is 186 Å². The predicted octanol–water partition coefficient (Wildman–Crippen LogP) is 26.3. The molecular formula is C93H122N2O4. The van der Waals surface area contributed by atoms with Crippen molar-refractivity contribution in [2.75, 3.05) is 13.2 Å². The standard InChI is InChI=1S/C93H122N2O4/c1-56-42-58(46-64(44-56)90(21,22)23)66-52-72(92(27,28)54-84(3,4)5)82(78(80(66)96)94-74-36-32-60(86(9,10)11)48-68(74)69-49-61(87(12,13)14)33-37-75(69)94)98-40-31-41-99-83-73(93(29,30)55-85(6,7)8)53-67(59-43-57(2)45-65(47-59)91(24,25)26)81(97)79(83)95-76-38-34-62(88(15,16)17)50-70(76)71-51-63(89(18,19)20)35-39-77(71)95/h32-39,42-53,96-97H,31,40-41,54-55H2,1-30H3. The third-order valence-electron chi connectivity index (χ3n) is 20.6. The first kappa shape index (κ1) is 74.3. The van der Waals surface area contributed by atoms with E-state index in [1.807, 2.05) is 0 Å². The Morgan fingerprint density at radius 2 is 0.576 bits per heavy atom. The normalized spacial score (nSPS) is 13.6. The van der Waals surface area contributed by atoms with Crippen molar-refractivity contribution in [2.24, 2.45) is 10.8 Å². The number of aromatic nitrogens is 2. The van der Waals surface area contributed by atoms with Gasteiger partial charge in [-0.1, -0.05) is 266 Å². The first-order valence-electron chi connectivity index (χ1n) is 36.8. The highest BCUT2D eigenvalue weighted by molar-refractivity contribution is 6.12. The van der Waals surface area contributed by atoms with Gasteiger partial charge in [0.25, 0.3) is 0 Å².